The number of piperazine rings is 1. The lowest BCUT2D eigenvalue weighted by Gasteiger charge is -2.40. The number of aryl methyl sites for hydroxylation is 1. The van der Waals surface area contributed by atoms with Gasteiger partial charge >= 0.3 is 0 Å². The second-order valence-electron chi connectivity index (χ2n) is 8.69. The van der Waals surface area contributed by atoms with E-state index in [0.29, 0.717) is 18.0 Å². The van der Waals surface area contributed by atoms with Crippen molar-refractivity contribution in [3.8, 4) is 0 Å². The van der Waals surface area contributed by atoms with E-state index in [1.807, 2.05) is 24.8 Å². The maximum absolute atomic E-state index is 13.0. The molecule has 150 valence electrons. The number of carbonyl (C=O) groups is 1. The van der Waals surface area contributed by atoms with Crippen molar-refractivity contribution in [2.24, 2.45) is 11.8 Å². The zero-order valence-electron chi connectivity index (χ0n) is 16.7. The van der Waals surface area contributed by atoms with Gasteiger partial charge in [0.25, 0.3) is 5.91 Å². The van der Waals surface area contributed by atoms with Gasteiger partial charge in [0.15, 0.2) is 11.5 Å². The van der Waals surface area contributed by atoms with Crippen LogP contribution in [0, 0.1) is 25.7 Å². The average molecular weight is 384 g/mol. The second kappa shape index (κ2) is 6.99. The van der Waals surface area contributed by atoms with Crippen molar-refractivity contribution < 1.29 is 9.32 Å². The number of amides is 1. The van der Waals surface area contributed by atoms with Gasteiger partial charge < -0.3 is 9.42 Å². The molecule has 8 nitrogen and oxygen atoms in total. The first-order chi connectivity index (χ1) is 13.6. The van der Waals surface area contributed by atoms with Gasteiger partial charge in [-0.05, 0) is 44.9 Å². The van der Waals surface area contributed by atoms with E-state index in [1.165, 1.54) is 25.7 Å². The summed E-state index contributed by atoms with van der Waals surface area (Å²) >= 11 is 0. The Labute approximate surface area is 164 Å². The van der Waals surface area contributed by atoms with Gasteiger partial charge in [-0.3, -0.25) is 9.69 Å². The summed E-state index contributed by atoms with van der Waals surface area (Å²) in [7, 11) is 0. The van der Waals surface area contributed by atoms with Gasteiger partial charge in [0.05, 0.1) is 11.4 Å². The Hall–Kier alpha value is -2.22. The van der Waals surface area contributed by atoms with Crippen LogP contribution in [0.5, 0.6) is 0 Å². The van der Waals surface area contributed by atoms with Crippen molar-refractivity contribution in [1.29, 1.82) is 0 Å². The predicted octanol–water partition coefficient (Wildman–Crippen LogP) is 1.88. The van der Waals surface area contributed by atoms with Crippen molar-refractivity contribution >= 4 is 5.91 Å². The van der Waals surface area contributed by atoms with Crippen LogP contribution >= 0.6 is 0 Å². The minimum Gasteiger partial charge on any atom is -0.359 e. The average Bonchev–Trinajstić information content (AvgIpc) is 3.48. The zero-order chi connectivity index (χ0) is 19.3. The molecule has 3 aliphatic rings. The third kappa shape index (κ3) is 3.13. The van der Waals surface area contributed by atoms with Crippen LogP contribution in [-0.4, -0.2) is 68.1 Å². The van der Waals surface area contributed by atoms with Gasteiger partial charge in [0.2, 0.25) is 0 Å². The SMILES string of the molecule is Cc1cc(Cn2nnc(C(=O)N3CCN([C@@H]4C[C@@H]5CC[C@H]4C5)CC3)c2C)on1. The first kappa shape index (κ1) is 17.8. The van der Waals surface area contributed by atoms with Crippen molar-refractivity contribution in [3.05, 3.63) is 28.9 Å². The second-order valence-corrected chi connectivity index (χ2v) is 8.69. The first-order valence-corrected chi connectivity index (χ1v) is 10.4. The topological polar surface area (TPSA) is 80.3 Å². The number of hydrogen-bond acceptors (Lipinski definition) is 6. The Morgan fingerprint density at radius 3 is 2.64 bits per heavy atom. The third-order valence-electron chi connectivity index (χ3n) is 6.94. The van der Waals surface area contributed by atoms with E-state index >= 15 is 0 Å². The Morgan fingerprint density at radius 1 is 1.18 bits per heavy atom. The Kier molecular flexibility index (Phi) is 4.45. The summed E-state index contributed by atoms with van der Waals surface area (Å²) in [6.45, 7) is 7.72. The van der Waals surface area contributed by atoms with Gasteiger partial charge in [-0.25, -0.2) is 4.68 Å². The van der Waals surface area contributed by atoms with E-state index in [4.69, 9.17) is 4.52 Å². The Bertz CT molecular complexity index is 866. The molecule has 0 spiro atoms. The van der Waals surface area contributed by atoms with Gasteiger partial charge in [-0.2, -0.15) is 0 Å². The molecule has 3 fully saturated rings. The molecule has 3 heterocycles. The first-order valence-electron chi connectivity index (χ1n) is 10.4. The van der Waals surface area contributed by atoms with Crippen LogP contribution in [0.25, 0.3) is 0 Å². The molecule has 0 radical (unpaired) electrons. The maximum Gasteiger partial charge on any atom is 0.276 e. The van der Waals surface area contributed by atoms with E-state index in [0.717, 1.165) is 55.4 Å². The molecule has 0 aromatic carbocycles. The summed E-state index contributed by atoms with van der Waals surface area (Å²) in [6.07, 6.45) is 5.63. The fourth-order valence-electron chi connectivity index (χ4n) is 5.41. The molecule has 5 rings (SSSR count). The van der Waals surface area contributed by atoms with Gasteiger partial charge in [0, 0.05) is 38.3 Å². The van der Waals surface area contributed by atoms with Crippen LogP contribution in [0.15, 0.2) is 10.6 Å². The van der Waals surface area contributed by atoms with Crippen LogP contribution in [0.4, 0.5) is 0 Å². The minimum absolute atomic E-state index is 0.00917. The number of fused-ring (bicyclic) bond motifs is 2. The summed E-state index contributed by atoms with van der Waals surface area (Å²) < 4.78 is 6.96. The van der Waals surface area contributed by atoms with Crippen molar-refractivity contribution in [2.45, 2.75) is 52.1 Å². The van der Waals surface area contributed by atoms with E-state index in [1.54, 1.807) is 4.68 Å². The van der Waals surface area contributed by atoms with Crippen LogP contribution < -0.4 is 0 Å². The van der Waals surface area contributed by atoms with Crippen LogP contribution in [0.3, 0.4) is 0 Å². The summed E-state index contributed by atoms with van der Waals surface area (Å²) in [5.41, 5.74) is 2.05. The quantitative estimate of drug-likeness (QED) is 0.801. The van der Waals surface area contributed by atoms with E-state index < -0.39 is 0 Å². The van der Waals surface area contributed by atoms with Gasteiger partial charge in [0.1, 0.15) is 6.54 Å². The number of hydrogen-bond donors (Lipinski definition) is 0. The van der Waals surface area contributed by atoms with Crippen LogP contribution in [-0.2, 0) is 6.54 Å². The number of rotatable bonds is 4. The summed E-state index contributed by atoms with van der Waals surface area (Å²) in [6, 6.07) is 2.63. The molecule has 28 heavy (non-hydrogen) atoms. The molecule has 0 unspecified atom stereocenters. The van der Waals surface area contributed by atoms with Crippen molar-refractivity contribution in [3.63, 3.8) is 0 Å². The van der Waals surface area contributed by atoms with Crippen molar-refractivity contribution in [2.75, 3.05) is 26.2 Å². The molecule has 2 saturated carbocycles. The van der Waals surface area contributed by atoms with Gasteiger partial charge in [-0.1, -0.05) is 16.8 Å². The predicted molar refractivity (Wildman–Crippen MR) is 102 cm³/mol. The standard InChI is InChI=1S/C20H28N6O2/c1-13-9-17(28-22-13)12-26-14(2)19(21-23-26)20(27)25-7-5-24(6-8-25)18-11-15-3-4-16(18)10-15/h9,15-16,18H,3-8,10-12H2,1-2H3/t15-,16+,18-/m1/s1. The summed E-state index contributed by atoms with van der Waals surface area (Å²) in [5, 5.41) is 12.2. The van der Waals surface area contributed by atoms with E-state index in [9.17, 15) is 4.79 Å². The lowest BCUT2D eigenvalue weighted by molar-refractivity contribution is 0.0490. The molecular formula is C20H28N6O2. The van der Waals surface area contributed by atoms with Gasteiger partial charge in [-0.15, -0.1) is 5.10 Å². The maximum atomic E-state index is 13.0. The third-order valence-corrected chi connectivity index (χ3v) is 6.94. The summed E-state index contributed by atoms with van der Waals surface area (Å²) in [5.74, 6) is 2.56. The number of nitrogens with zero attached hydrogens (tertiary/aromatic N) is 6. The number of aromatic nitrogens is 4. The van der Waals surface area contributed by atoms with E-state index in [-0.39, 0.29) is 5.91 Å². The highest BCUT2D eigenvalue weighted by Gasteiger charge is 2.43. The molecular weight excluding hydrogens is 356 g/mol. The largest absolute Gasteiger partial charge is 0.359 e. The van der Waals surface area contributed by atoms with Crippen LogP contribution in [0.2, 0.25) is 0 Å². The molecule has 2 aromatic rings. The molecule has 2 bridgehead atoms. The molecule has 1 amide bonds. The minimum atomic E-state index is -0.00917. The lowest BCUT2D eigenvalue weighted by atomic mass is 9.93. The summed E-state index contributed by atoms with van der Waals surface area (Å²) in [4.78, 5) is 17.6. The Balaban J connectivity index is 1.21. The smallest absolute Gasteiger partial charge is 0.276 e. The molecule has 2 aromatic heterocycles. The van der Waals surface area contributed by atoms with Crippen LogP contribution in [0.1, 0.15) is 53.3 Å². The van der Waals surface area contributed by atoms with E-state index in [2.05, 4.69) is 20.4 Å². The molecule has 1 aliphatic heterocycles. The molecule has 0 N–H and O–H groups in total. The monoisotopic (exact) mass is 384 g/mol. The zero-order valence-corrected chi connectivity index (χ0v) is 16.7. The molecule has 1 saturated heterocycles. The fraction of sp³-hybridized carbons (Fsp3) is 0.700. The lowest BCUT2D eigenvalue weighted by Crippen LogP contribution is -2.53. The molecule has 2 aliphatic carbocycles. The molecule has 3 atom stereocenters. The normalized spacial score (nSPS) is 27.6. The highest BCUT2D eigenvalue weighted by Crippen LogP contribution is 2.46. The van der Waals surface area contributed by atoms with Crippen molar-refractivity contribution in [1.82, 2.24) is 30.0 Å². The fourth-order valence-corrected chi connectivity index (χ4v) is 5.41. The Morgan fingerprint density at radius 2 is 2.00 bits per heavy atom. The highest BCUT2D eigenvalue weighted by molar-refractivity contribution is 5.93. The highest BCUT2D eigenvalue weighted by atomic mass is 16.5. The molecule has 8 heteroatoms. The number of carbonyl (C=O) groups excluding carboxylic acids is 1.